The summed E-state index contributed by atoms with van der Waals surface area (Å²) in [5.41, 5.74) is 1.19. The van der Waals surface area contributed by atoms with Crippen molar-refractivity contribution in [3.8, 4) is 0 Å². The molecular formula is C15H28O. The Morgan fingerprint density at radius 2 is 1.69 bits per heavy atom. The molecule has 0 aromatic carbocycles. The molecule has 1 aliphatic rings. The van der Waals surface area contributed by atoms with Crippen molar-refractivity contribution in [1.29, 1.82) is 0 Å². The molecule has 1 N–H and O–H groups in total. The largest absolute Gasteiger partial charge is 0.393 e. The molecular weight excluding hydrogens is 196 g/mol. The third kappa shape index (κ3) is 3.93. The van der Waals surface area contributed by atoms with Crippen LogP contribution in [0.25, 0.3) is 0 Å². The molecule has 0 aromatic rings. The van der Waals surface area contributed by atoms with Crippen LogP contribution in [0.2, 0.25) is 0 Å². The SMILES string of the molecule is C=C(CC)CC(O)C1CCC(C(C)C)CC1. The van der Waals surface area contributed by atoms with Crippen LogP contribution in [0.1, 0.15) is 59.3 Å². The molecule has 1 heteroatoms. The zero-order valence-corrected chi connectivity index (χ0v) is 11.2. The van der Waals surface area contributed by atoms with Crippen LogP contribution in [-0.4, -0.2) is 11.2 Å². The summed E-state index contributed by atoms with van der Waals surface area (Å²) >= 11 is 0. The van der Waals surface area contributed by atoms with Gasteiger partial charge in [-0.15, -0.1) is 0 Å². The number of rotatable bonds is 5. The minimum absolute atomic E-state index is 0.138. The van der Waals surface area contributed by atoms with Crippen molar-refractivity contribution in [2.75, 3.05) is 0 Å². The maximum absolute atomic E-state index is 10.1. The Morgan fingerprint density at radius 1 is 1.19 bits per heavy atom. The zero-order valence-electron chi connectivity index (χ0n) is 11.2. The molecule has 1 atom stereocenters. The van der Waals surface area contributed by atoms with Crippen LogP contribution in [0.5, 0.6) is 0 Å². The zero-order chi connectivity index (χ0) is 12.1. The van der Waals surface area contributed by atoms with Gasteiger partial charge in [-0.25, -0.2) is 0 Å². The Balaban J connectivity index is 2.32. The maximum atomic E-state index is 10.1. The normalized spacial score (nSPS) is 28.1. The topological polar surface area (TPSA) is 20.2 Å². The molecule has 1 rings (SSSR count). The lowest BCUT2D eigenvalue weighted by Gasteiger charge is -2.33. The first-order chi connectivity index (χ1) is 7.54. The monoisotopic (exact) mass is 224 g/mol. The van der Waals surface area contributed by atoms with Crippen molar-refractivity contribution in [2.24, 2.45) is 17.8 Å². The van der Waals surface area contributed by atoms with Crippen LogP contribution >= 0.6 is 0 Å². The van der Waals surface area contributed by atoms with Crippen LogP contribution in [0, 0.1) is 17.8 Å². The van der Waals surface area contributed by atoms with E-state index in [1.54, 1.807) is 0 Å². The Bertz CT molecular complexity index is 211. The standard InChI is InChI=1S/C15H28O/c1-5-12(4)10-15(16)14-8-6-13(7-9-14)11(2)3/h11,13-16H,4-10H2,1-3H3. The van der Waals surface area contributed by atoms with Gasteiger partial charge in [0.2, 0.25) is 0 Å². The highest BCUT2D eigenvalue weighted by Crippen LogP contribution is 2.35. The number of aliphatic hydroxyl groups is 1. The lowest BCUT2D eigenvalue weighted by Crippen LogP contribution is -2.27. The molecule has 0 aliphatic heterocycles. The molecule has 0 aromatic heterocycles. The predicted molar refractivity (Wildman–Crippen MR) is 70.3 cm³/mol. The van der Waals surface area contributed by atoms with Gasteiger partial charge in [0.1, 0.15) is 0 Å². The lowest BCUT2D eigenvalue weighted by molar-refractivity contribution is 0.0671. The fraction of sp³-hybridized carbons (Fsp3) is 0.867. The first kappa shape index (κ1) is 13.8. The fourth-order valence-electron chi connectivity index (χ4n) is 2.80. The quantitative estimate of drug-likeness (QED) is 0.695. The second-order valence-electron chi connectivity index (χ2n) is 5.79. The average molecular weight is 224 g/mol. The molecule has 1 unspecified atom stereocenters. The number of aliphatic hydroxyl groups excluding tert-OH is 1. The van der Waals surface area contributed by atoms with Crippen LogP contribution < -0.4 is 0 Å². The molecule has 0 heterocycles. The van der Waals surface area contributed by atoms with E-state index in [-0.39, 0.29) is 6.10 Å². The summed E-state index contributed by atoms with van der Waals surface area (Å²) in [6.07, 6.45) is 6.70. The lowest BCUT2D eigenvalue weighted by atomic mass is 9.74. The molecule has 1 fully saturated rings. The smallest absolute Gasteiger partial charge is 0.0605 e. The third-order valence-corrected chi connectivity index (χ3v) is 4.30. The Morgan fingerprint density at radius 3 is 2.12 bits per heavy atom. The predicted octanol–water partition coefficient (Wildman–Crippen LogP) is 4.17. The highest BCUT2D eigenvalue weighted by molar-refractivity contribution is 4.96. The van der Waals surface area contributed by atoms with Crippen molar-refractivity contribution in [1.82, 2.24) is 0 Å². The minimum Gasteiger partial charge on any atom is -0.393 e. The van der Waals surface area contributed by atoms with Gasteiger partial charge in [0, 0.05) is 0 Å². The van der Waals surface area contributed by atoms with Crippen molar-refractivity contribution >= 4 is 0 Å². The van der Waals surface area contributed by atoms with E-state index in [1.165, 1.54) is 31.3 Å². The highest BCUT2D eigenvalue weighted by Gasteiger charge is 2.27. The summed E-state index contributed by atoms with van der Waals surface area (Å²) < 4.78 is 0. The number of hydrogen-bond donors (Lipinski definition) is 1. The maximum Gasteiger partial charge on any atom is 0.0605 e. The van der Waals surface area contributed by atoms with Gasteiger partial charge < -0.3 is 5.11 Å². The molecule has 16 heavy (non-hydrogen) atoms. The van der Waals surface area contributed by atoms with E-state index < -0.39 is 0 Å². The first-order valence-corrected chi connectivity index (χ1v) is 6.89. The molecule has 0 amide bonds. The van der Waals surface area contributed by atoms with Gasteiger partial charge in [0.15, 0.2) is 0 Å². The molecule has 1 saturated carbocycles. The van der Waals surface area contributed by atoms with Gasteiger partial charge >= 0.3 is 0 Å². The van der Waals surface area contributed by atoms with E-state index in [1.807, 2.05) is 0 Å². The van der Waals surface area contributed by atoms with Gasteiger partial charge in [-0.3, -0.25) is 0 Å². The molecule has 0 radical (unpaired) electrons. The molecule has 0 bridgehead atoms. The second kappa shape index (κ2) is 6.44. The van der Waals surface area contributed by atoms with E-state index in [0.29, 0.717) is 5.92 Å². The Labute approximate surface area is 101 Å². The Kier molecular flexibility index (Phi) is 5.54. The summed E-state index contributed by atoms with van der Waals surface area (Å²) in [5.74, 6) is 2.22. The highest BCUT2D eigenvalue weighted by atomic mass is 16.3. The van der Waals surface area contributed by atoms with Crippen molar-refractivity contribution in [2.45, 2.75) is 65.4 Å². The van der Waals surface area contributed by atoms with Crippen molar-refractivity contribution in [3.63, 3.8) is 0 Å². The fourth-order valence-corrected chi connectivity index (χ4v) is 2.80. The molecule has 1 aliphatic carbocycles. The van der Waals surface area contributed by atoms with E-state index in [2.05, 4.69) is 27.4 Å². The Hall–Kier alpha value is -0.300. The average Bonchev–Trinajstić information content (AvgIpc) is 2.28. The summed E-state index contributed by atoms with van der Waals surface area (Å²) in [7, 11) is 0. The summed E-state index contributed by atoms with van der Waals surface area (Å²) in [6.45, 7) is 10.7. The second-order valence-corrected chi connectivity index (χ2v) is 5.79. The van der Waals surface area contributed by atoms with Gasteiger partial charge in [0.05, 0.1) is 6.10 Å². The summed E-state index contributed by atoms with van der Waals surface area (Å²) in [4.78, 5) is 0. The molecule has 94 valence electrons. The van der Waals surface area contributed by atoms with Gasteiger partial charge in [-0.1, -0.05) is 32.9 Å². The number of hydrogen-bond acceptors (Lipinski definition) is 1. The van der Waals surface area contributed by atoms with Crippen LogP contribution in [0.3, 0.4) is 0 Å². The van der Waals surface area contributed by atoms with Crippen molar-refractivity contribution < 1.29 is 5.11 Å². The van der Waals surface area contributed by atoms with Gasteiger partial charge in [0.25, 0.3) is 0 Å². The third-order valence-electron chi connectivity index (χ3n) is 4.30. The first-order valence-electron chi connectivity index (χ1n) is 6.89. The van der Waals surface area contributed by atoms with Crippen molar-refractivity contribution in [3.05, 3.63) is 12.2 Å². The molecule has 0 saturated heterocycles. The van der Waals surface area contributed by atoms with Crippen LogP contribution in [0.4, 0.5) is 0 Å². The molecule has 1 nitrogen and oxygen atoms in total. The van der Waals surface area contributed by atoms with Crippen LogP contribution in [-0.2, 0) is 0 Å². The van der Waals surface area contributed by atoms with E-state index in [9.17, 15) is 5.11 Å². The van der Waals surface area contributed by atoms with Gasteiger partial charge in [-0.2, -0.15) is 0 Å². The van der Waals surface area contributed by atoms with Gasteiger partial charge in [-0.05, 0) is 56.3 Å². The molecule has 0 spiro atoms. The van der Waals surface area contributed by atoms with Crippen LogP contribution in [0.15, 0.2) is 12.2 Å². The van der Waals surface area contributed by atoms with E-state index in [4.69, 9.17) is 0 Å². The summed E-state index contributed by atoms with van der Waals surface area (Å²) in [6, 6.07) is 0. The van der Waals surface area contributed by atoms with E-state index >= 15 is 0 Å². The minimum atomic E-state index is -0.138. The summed E-state index contributed by atoms with van der Waals surface area (Å²) in [5, 5.41) is 10.1. The van der Waals surface area contributed by atoms with E-state index in [0.717, 1.165) is 24.7 Å².